The molecule has 0 bridgehead atoms. The van der Waals surface area contributed by atoms with Gasteiger partial charge in [0.25, 0.3) is 0 Å². The molecule has 1 atom stereocenters. The molecule has 1 aliphatic rings. The van der Waals surface area contributed by atoms with Crippen molar-refractivity contribution in [2.24, 2.45) is 4.99 Å². The third kappa shape index (κ3) is 4.17. The number of rotatable bonds is 5. The van der Waals surface area contributed by atoms with Crippen molar-refractivity contribution < 1.29 is 9.32 Å². The number of hydrogen-bond acceptors (Lipinski definition) is 4. The zero-order valence-electron chi connectivity index (χ0n) is 14.5. The average molecular weight is 341 g/mol. The number of aromatic nitrogens is 1. The summed E-state index contributed by atoms with van der Waals surface area (Å²) in [4.78, 5) is 18.3. The molecule has 0 aliphatic carbocycles. The highest BCUT2D eigenvalue weighted by Crippen LogP contribution is 2.20. The van der Waals surface area contributed by atoms with Crippen molar-refractivity contribution in [2.75, 3.05) is 18.5 Å². The lowest BCUT2D eigenvalue weighted by Crippen LogP contribution is -2.44. The van der Waals surface area contributed by atoms with Gasteiger partial charge in [-0.15, -0.1) is 0 Å². The van der Waals surface area contributed by atoms with Crippen molar-refractivity contribution in [3.63, 3.8) is 0 Å². The van der Waals surface area contributed by atoms with Crippen LogP contribution >= 0.6 is 0 Å². The molecule has 0 saturated carbocycles. The maximum atomic E-state index is 12.3. The van der Waals surface area contributed by atoms with Gasteiger partial charge in [0.2, 0.25) is 5.91 Å². The molecule has 0 spiro atoms. The Morgan fingerprint density at radius 3 is 2.88 bits per heavy atom. The Labute approximate surface area is 147 Å². The Morgan fingerprint density at radius 1 is 1.40 bits per heavy atom. The number of para-hydroxylation sites is 1. The Balaban J connectivity index is 1.54. The van der Waals surface area contributed by atoms with E-state index in [0.29, 0.717) is 25.5 Å². The van der Waals surface area contributed by atoms with E-state index in [1.54, 1.807) is 11.9 Å². The van der Waals surface area contributed by atoms with Crippen molar-refractivity contribution in [3.05, 3.63) is 47.9 Å². The fourth-order valence-corrected chi connectivity index (χ4v) is 2.83. The lowest BCUT2D eigenvalue weighted by Gasteiger charge is -2.18. The van der Waals surface area contributed by atoms with Crippen LogP contribution in [-0.4, -0.2) is 36.7 Å². The van der Waals surface area contributed by atoms with Gasteiger partial charge in [-0.2, -0.15) is 0 Å². The van der Waals surface area contributed by atoms with Gasteiger partial charge < -0.3 is 20.1 Å². The van der Waals surface area contributed by atoms with Crippen LogP contribution in [0.1, 0.15) is 24.8 Å². The van der Waals surface area contributed by atoms with Gasteiger partial charge in [0, 0.05) is 31.8 Å². The first-order chi connectivity index (χ1) is 12.2. The number of benzene rings is 1. The minimum Gasteiger partial charge on any atom is -0.359 e. The monoisotopic (exact) mass is 341 g/mol. The van der Waals surface area contributed by atoms with Crippen LogP contribution in [0.3, 0.4) is 0 Å². The molecule has 1 aromatic carbocycles. The zero-order chi connectivity index (χ0) is 17.6. The number of carbonyl (C=O) groups excluding carboxylic acids is 1. The van der Waals surface area contributed by atoms with Crippen LogP contribution in [0.2, 0.25) is 0 Å². The summed E-state index contributed by atoms with van der Waals surface area (Å²) in [7, 11) is 1.71. The second-order valence-electron chi connectivity index (χ2n) is 5.95. The molecule has 2 N–H and O–H groups in total. The summed E-state index contributed by atoms with van der Waals surface area (Å²) in [6.45, 7) is 3.15. The summed E-state index contributed by atoms with van der Waals surface area (Å²) in [5, 5.41) is 10.5. The van der Waals surface area contributed by atoms with Crippen LogP contribution in [0.5, 0.6) is 0 Å². The number of guanidine groups is 1. The Hall–Kier alpha value is -2.83. The molecule has 2 aromatic rings. The van der Waals surface area contributed by atoms with Gasteiger partial charge in [0.1, 0.15) is 0 Å². The number of nitrogens with zero attached hydrogens (tertiary/aromatic N) is 3. The fourth-order valence-electron chi connectivity index (χ4n) is 2.83. The van der Waals surface area contributed by atoms with Crippen molar-refractivity contribution in [1.82, 2.24) is 15.8 Å². The van der Waals surface area contributed by atoms with Gasteiger partial charge in [-0.05, 0) is 18.6 Å². The predicted octanol–water partition coefficient (Wildman–Crippen LogP) is 1.71. The number of amides is 1. The summed E-state index contributed by atoms with van der Waals surface area (Å²) >= 11 is 0. The summed E-state index contributed by atoms with van der Waals surface area (Å²) in [5.74, 6) is 1.51. The third-order valence-corrected chi connectivity index (χ3v) is 4.16. The molecule has 0 radical (unpaired) electrons. The van der Waals surface area contributed by atoms with Crippen LogP contribution < -0.4 is 15.5 Å². The molecule has 132 valence electrons. The SMILES string of the molecule is CCc1cc(CNC(=NC)NC2CC(=O)N(c3ccccc3)C2)on1. The lowest BCUT2D eigenvalue weighted by atomic mass is 10.2. The van der Waals surface area contributed by atoms with E-state index in [1.165, 1.54) is 0 Å². The second kappa shape index (κ2) is 7.83. The first-order valence-corrected chi connectivity index (χ1v) is 8.46. The quantitative estimate of drug-likeness (QED) is 0.639. The van der Waals surface area contributed by atoms with Gasteiger partial charge in [-0.3, -0.25) is 9.79 Å². The zero-order valence-corrected chi connectivity index (χ0v) is 14.5. The van der Waals surface area contributed by atoms with Crippen LogP contribution in [0.15, 0.2) is 45.9 Å². The second-order valence-corrected chi connectivity index (χ2v) is 5.95. The first kappa shape index (κ1) is 17.0. The van der Waals surface area contributed by atoms with E-state index >= 15 is 0 Å². The van der Waals surface area contributed by atoms with Crippen LogP contribution in [0, 0.1) is 0 Å². The molecule has 1 unspecified atom stereocenters. The first-order valence-electron chi connectivity index (χ1n) is 8.46. The largest absolute Gasteiger partial charge is 0.359 e. The van der Waals surface area contributed by atoms with Crippen LogP contribution in [0.25, 0.3) is 0 Å². The number of carbonyl (C=O) groups is 1. The molecule has 1 amide bonds. The molecule has 3 rings (SSSR count). The minimum atomic E-state index is 0.0137. The maximum absolute atomic E-state index is 12.3. The normalized spacial score (nSPS) is 17.8. The molecule has 2 heterocycles. The molecule has 1 fully saturated rings. The van der Waals surface area contributed by atoms with Crippen molar-refractivity contribution in [1.29, 1.82) is 0 Å². The molecule has 1 aliphatic heterocycles. The predicted molar refractivity (Wildman–Crippen MR) is 96.4 cm³/mol. The Morgan fingerprint density at radius 2 is 2.20 bits per heavy atom. The van der Waals surface area contributed by atoms with Gasteiger partial charge in [-0.1, -0.05) is 30.3 Å². The fraction of sp³-hybridized carbons (Fsp3) is 0.389. The highest BCUT2D eigenvalue weighted by atomic mass is 16.5. The lowest BCUT2D eigenvalue weighted by molar-refractivity contribution is -0.117. The molecule has 1 aromatic heterocycles. The van der Waals surface area contributed by atoms with E-state index in [2.05, 4.69) is 20.8 Å². The Bertz CT molecular complexity index is 741. The van der Waals surface area contributed by atoms with Crippen molar-refractivity contribution >= 4 is 17.6 Å². The van der Waals surface area contributed by atoms with E-state index in [-0.39, 0.29) is 11.9 Å². The molecular formula is C18H23N5O2. The molecule has 7 nitrogen and oxygen atoms in total. The highest BCUT2D eigenvalue weighted by Gasteiger charge is 2.31. The van der Waals surface area contributed by atoms with Crippen LogP contribution in [-0.2, 0) is 17.8 Å². The van der Waals surface area contributed by atoms with Crippen molar-refractivity contribution in [2.45, 2.75) is 32.4 Å². The maximum Gasteiger partial charge on any atom is 0.229 e. The summed E-state index contributed by atoms with van der Waals surface area (Å²) in [5.41, 5.74) is 1.85. The number of nitrogens with one attached hydrogen (secondary N) is 2. The summed E-state index contributed by atoms with van der Waals surface area (Å²) in [6, 6.07) is 11.7. The van der Waals surface area contributed by atoms with Crippen molar-refractivity contribution in [3.8, 4) is 0 Å². The van der Waals surface area contributed by atoms with Gasteiger partial charge in [0.05, 0.1) is 18.3 Å². The minimum absolute atomic E-state index is 0.0137. The van der Waals surface area contributed by atoms with E-state index < -0.39 is 0 Å². The summed E-state index contributed by atoms with van der Waals surface area (Å²) < 4.78 is 5.25. The smallest absolute Gasteiger partial charge is 0.229 e. The van der Waals surface area contributed by atoms with Gasteiger partial charge >= 0.3 is 0 Å². The van der Waals surface area contributed by atoms with Gasteiger partial charge in [0.15, 0.2) is 11.7 Å². The van der Waals surface area contributed by atoms with E-state index in [0.717, 1.165) is 23.6 Å². The number of anilines is 1. The third-order valence-electron chi connectivity index (χ3n) is 4.16. The topological polar surface area (TPSA) is 82.8 Å². The standard InChI is InChI=1S/C18H23N5O2/c1-3-13-9-16(25-22-13)11-20-18(19-2)21-14-10-17(24)23(12-14)15-7-5-4-6-8-15/h4-9,14H,3,10-12H2,1-2H3,(H2,19,20,21). The average Bonchev–Trinajstić information content (AvgIpc) is 3.25. The van der Waals surface area contributed by atoms with E-state index in [4.69, 9.17) is 4.52 Å². The molecule has 25 heavy (non-hydrogen) atoms. The number of hydrogen-bond donors (Lipinski definition) is 2. The van der Waals surface area contributed by atoms with Crippen LogP contribution in [0.4, 0.5) is 5.69 Å². The highest BCUT2D eigenvalue weighted by molar-refractivity contribution is 5.97. The number of aliphatic imine (C=N–C) groups is 1. The summed E-state index contributed by atoms with van der Waals surface area (Å²) in [6.07, 6.45) is 1.29. The van der Waals surface area contributed by atoms with E-state index in [1.807, 2.05) is 43.3 Å². The molecular weight excluding hydrogens is 318 g/mol. The Kier molecular flexibility index (Phi) is 5.33. The molecule has 1 saturated heterocycles. The molecule has 7 heteroatoms. The number of aryl methyl sites for hydroxylation is 1. The van der Waals surface area contributed by atoms with Gasteiger partial charge in [-0.25, -0.2) is 0 Å². The van der Waals surface area contributed by atoms with E-state index in [9.17, 15) is 4.79 Å².